The largest absolute Gasteiger partial charge is 0.481 e. The molecule has 3 rings (SSSR count). The van der Waals surface area contributed by atoms with Crippen LogP contribution in [0.4, 0.5) is 0 Å². The Balaban J connectivity index is 0.000000478. The maximum absolute atomic E-state index is 12.3. The van der Waals surface area contributed by atoms with E-state index in [-0.39, 0.29) is 69.7 Å². The summed E-state index contributed by atoms with van der Waals surface area (Å²) in [6.45, 7) is 11.1. The van der Waals surface area contributed by atoms with Gasteiger partial charge in [-0.25, -0.2) is 0 Å². The van der Waals surface area contributed by atoms with Crippen LogP contribution in [0.2, 0.25) is 0 Å². The molecule has 0 aromatic rings. The van der Waals surface area contributed by atoms with Gasteiger partial charge < -0.3 is 33.5 Å². The first-order valence-corrected chi connectivity index (χ1v) is 24.0. The van der Waals surface area contributed by atoms with Gasteiger partial charge in [0.05, 0.1) is 42.6 Å². The first kappa shape index (κ1) is 58.0. The van der Waals surface area contributed by atoms with Crippen molar-refractivity contribution in [1.29, 1.82) is 21.0 Å². The van der Waals surface area contributed by atoms with E-state index in [0.717, 1.165) is 77.0 Å². The van der Waals surface area contributed by atoms with Crippen LogP contribution in [-0.2, 0) is 47.6 Å². The average Bonchev–Trinajstić information content (AvgIpc) is 3.31. The molecule has 0 aliphatic heterocycles. The van der Waals surface area contributed by atoms with E-state index in [2.05, 4.69) is 32.6 Å². The van der Waals surface area contributed by atoms with Crippen molar-refractivity contribution in [2.75, 3.05) is 0 Å². The van der Waals surface area contributed by atoms with Crippen LogP contribution in [0.3, 0.4) is 0 Å². The molecule has 3 saturated carbocycles. The molecule has 7 unspecified atom stereocenters. The summed E-state index contributed by atoms with van der Waals surface area (Å²) >= 11 is 0. The van der Waals surface area contributed by atoms with Crippen LogP contribution in [-0.4, -0.2) is 88.3 Å². The van der Waals surface area contributed by atoms with Gasteiger partial charge >= 0.3 is 23.9 Å². The standard InChI is InChI=1S/C28H44N4O6.C20H30N4O5/c1-21(35-23-11-7-5-8-12-23)37-25(33)15-17-27(3,19-29)31-32-28(4,20-30)18-16-26(34)38-22(2)36-24-13-9-6-10-14-24;1-15(28-16-7-5-4-6-8-16)29-18(27)10-12-20(3,14-22)24-23-19(2,13-21)11-9-17(25)26/h21-24H,5-18H2,1-4H3;15-16H,4-12H2,1-3H3,(H,25,26). The number of nitrogens with zero attached hydrogens (tertiary/aromatic N) is 8. The maximum atomic E-state index is 12.3. The van der Waals surface area contributed by atoms with Gasteiger partial charge in [0.1, 0.15) is 0 Å². The Morgan fingerprint density at radius 2 is 0.687 bits per heavy atom. The third-order valence-electron chi connectivity index (χ3n) is 11.9. The summed E-state index contributed by atoms with van der Waals surface area (Å²) in [5.74, 6) is -2.52. The normalized spacial score (nSPS) is 21.1. The maximum Gasteiger partial charge on any atom is 0.308 e. The van der Waals surface area contributed by atoms with Crippen LogP contribution in [0.1, 0.15) is 196 Å². The second-order valence-electron chi connectivity index (χ2n) is 18.7. The highest BCUT2D eigenvalue weighted by Crippen LogP contribution is 2.28. The van der Waals surface area contributed by atoms with E-state index in [0.29, 0.717) is 0 Å². The van der Waals surface area contributed by atoms with Crippen molar-refractivity contribution in [3.63, 3.8) is 0 Å². The molecule has 1 N–H and O–H groups in total. The molecule has 372 valence electrons. The smallest absolute Gasteiger partial charge is 0.308 e. The van der Waals surface area contributed by atoms with Crippen molar-refractivity contribution in [3.05, 3.63) is 0 Å². The Morgan fingerprint density at radius 3 is 0.896 bits per heavy atom. The number of ether oxygens (including phenoxy) is 6. The highest BCUT2D eigenvalue weighted by molar-refractivity contribution is 5.70. The first-order valence-electron chi connectivity index (χ1n) is 24.0. The number of esters is 3. The summed E-state index contributed by atoms with van der Waals surface area (Å²) in [6.07, 6.45) is 14.3. The Hall–Kier alpha value is -5.08. The van der Waals surface area contributed by atoms with Crippen molar-refractivity contribution in [2.24, 2.45) is 20.5 Å². The number of carboxylic acids is 1. The summed E-state index contributed by atoms with van der Waals surface area (Å²) < 4.78 is 33.3. The van der Waals surface area contributed by atoms with Gasteiger partial charge in [-0.3, -0.25) is 19.2 Å². The van der Waals surface area contributed by atoms with Gasteiger partial charge in [0.2, 0.25) is 0 Å². The minimum atomic E-state index is -1.35. The molecular formula is C48H74N8O11. The monoisotopic (exact) mass is 939 g/mol. The minimum Gasteiger partial charge on any atom is -0.481 e. The lowest BCUT2D eigenvalue weighted by Crippen LogP contribution is -2.29. The Bertz CT molecular complexity index is 1740. The predicted octanol–water partition coefficient (Wildman–Crippen LogP) is 9.93. The molecular weight excluding hydrogens is 865 g/mol. The summed E-state index contributed by atoms with van der Waals surface area (Å²) in [5.41, 5.74) is -5.33. The van der Waals surface area contributed by atoms with Crippen molar-refractivity contribution < 1.29 is 52.7 Å². The number of rotatable bonds is 25. The number of carbonyl (C=O) groups is 4. The molecule has 67 heavy (non-hydrogen) atoms. The summed E-state index contributed by atoms with van der Waals surface area (Å²) in [5, 5.41) is 62.8. The van der Waals surface area contributed by atoms with Gasteiger partial charge in [0.15, 0.2) is 41.0 Å². The predicted molar refractivity (Wildman–Crippen MR) is 241 cm³/mol. The number of carbonyl (C=O) groups excluding carboxylic acids is 3. The quantitative estimate of drug-likeness (QED) is 0.0385. The number of azo groups is 2. The summed E-state index contributed by atoms with van der Waals surface area (Å²) in [7, 11) is 0. The zero-order valence-corrected chi connectivity index (χ0v) is 40.8. The SMILES string of the molecule is CC(OC(=O)CCC(C)(C#N)N=NC(C)(C#N)CCC(=O)O)OC1CCCCC1.CC(OC(=O)CCC(C)(C#N)N=NC(C)(C#N)CCC(=O)OC(C)OC1CCCCC1)OC1CCCCC1. The van der Waals surface area contributed by atoms with Gasteiger partial charge in [-0.15, -0.1) is 0 Å². The number of nitriles is 4. The molecule has 0 saturated heterocycles. The third-order valence-corrected chi connectivity index (χ3v) is 11.9. The molecule has 3 aliphatic carbocycles. The van der Waals surface area contributed by atoms with Crippen LogP contribution in [0, 0.1) is 45.3 Å². The molecule has 0 radical (unpaired) electrons. The average molecular weight is 939 g/mol. The van der Waals surface area contributed by atoms with Crippen molar-refractivity contribution in [1.82, 2.24) is 0 Å². The lowest BCUT2D eigenvalue weighted by atomic mass is 9.97. The molecule has 0 aromatic heterocycles. The Labute approximate surface area is 396 Å². The number of aliphatic carboxylic acids is 1. The fraction of sp³-hybridized carbons (Fsp3) is 0.833. The van der Waals surface area contributed by atoms with Crippen molar-refractivity contribution in [3.8, 4) is 24.3 Å². The Morgan fingerprint density at radius 1 is 0.463 bits per heavy atom. The van der Waals surface area contributed by atoms with Crippen molar-refractivity contribution in [2.45, 2.75) is 255 Å². The minimum absolute atomic E-state index is 0.0259. The van der Waals surface area contributed by atoms with Gasteiger partial charge in [-0.1, -0.05) is 57.8 Å². The van der Waals surface area contributed by atoms with Crippen LogP contribution in [0.15, 0.2) is 20.5 Å². The number of hydrogen-bond donors (Lipinski definition) is 1. The first-order chi connectivity index (χ1) is 31.7. The van der Waals surface area contributed by atoms with E-state index in [4.69, 9.17) is 33.5 Å². The second-order valence-corrected chi connectivity index (χ2v) is 18.7. The lowest BCUT2D eigenvalue weighted by molar-refractivity contribution is -0.188. The lowest BCUT2D eigenvalue weighted by Gasteiger charge is -2.26. The molecule has 3 aliphatic rings. The zero-order chi connectivity index (χ0) is 49.9. The zero-order valence-electron chi connectivity index (χ0n) is 40.8. The molecule has 3 fully saturated rings. The highest BCUT2D eigenvalue weighted by atomic mass is 16.7. The van der Waals surface area contributed by atoms with Crippen molar-refractivity contribution >= 4 is 23.9 Å². The topological polar surface area (TPSA) is 288 Å². The van der Waals surface area contributed by atoms with Gasteiger partial charge in [-0.05, 0) is 113 Å². The molecule has 0 heterocycles. The Kier molecular flexibility index (Phi) is 25.7. The summed E-state index contributed by atoms with van der Waals surface area (Å²) in [4.78, 5) is 47.4. The number of carboxylic acid groups (broad SMARTS) is 1. The molecule has 19 heteroatoms. The van der Waals surface area contributed by atoms with Crippen LogP contribution >= 0.6 is 0 Å². The van der Waals surface area contributed by atoms with E-state index >= 15 is 0 Å². The molecule has 0 spiro atoms. The molecule has 0 aromatic carbocycles. The van der Waals surface area contributed by atoms with E-state index < -0.39 is 64.9 Å². The van der Waals surface area contributed by atoms with Gasteiger partial charge in [0.25, 0.3) is 0 Å². The second kappa shape index (κ2) is 29.6. The molecule has 0 bridgehead atoms. The van der Waals surface area contributed by atoms with E-state index in [1.54, 1.807) is 34.6 Å². The van der Waals surface area contributed by atoms with Crippen LogP contribution in [0.5, 0.6) is 0 Å². The molecule has 0 amide bonds. The molecule has 19 nitrogen and oxygen atoms in total. The third kappa shape index (κ3) is 24.5. The van der Waals surface area contributed by atoms with Gasteiger partial charge in [0, 0.05) is 25.7 Å². The number of hydrogen-bond acceptors (Lipinski definition) is 18. The van der Waals surface area contributed by atoms with Crippen LogP contribution < -0.4 is 0 Å². The highest BCUT2D eigenvalue weighted by Gasteiger charge is 2.32. The van der Waals surface area contributed by atoms with Crippen LogP contribution in [0.25, 0.3) is 0 Å². The van der Waals surface area contributed by atoms with E-state index in [1.165, 1.54) is 33.1 Å². The fourth-order valence-corrected chi connectivity index (χ4v) is 7.57. The van der Waals surface area contributed by atoms with E-state index in [1.807, 2.05) is 12.1 Å². The molecule has 7 atom stereocenters. The summed E-state index contributed by atoms with van der Waals surface area (Å²) in [6, 6.07) is 8.03. The fourth-order valence-electron chi connectivity index (χ4n) is 7.57. The van der Waals surface area contributed by atoms with E-state index in [9.17, 15) is 40.2 Å². The van der Waals surface area contributed by atoms with Gasteiger partial charge in [-0.2, -0.15) is 41.5 Å².